The zero-order chi connectivity index (χ0) is 20.4. The van der Waals surface area contributed by atoms with Gasteiger partial charge in [0, 0.05) is 33.6 Å². The van der Waals surface area contributed by atoms with Gasteiger partial charge in [-0.1, -0.05) is 12.1 Å². The summed E-state index contributed by atoms with van der Waals surface area (Å²) in [7, 11) is 5.12. The highest BCUT2D eigenvalue weighted by Crippen LogP contribution is 2.18. The van der Waals surface area contributed by atoms with Gasteiger partial charge in [-0.3, -0.25) is 4.79 Å². The van der Waals surface area contributed by atoms with Crippen LogP contribution in [0.4, 0.5) is 0 Å². The molecule has 0 unspecified atom stereocenters. The lowest BCUT2D eigenvalue weighted by Crippen LogP contribution is -2.40. The number of nitrogens with one attached hydrogen (secondary N) is 2. The summed E-state index contributed by atoms with van der Waals surface area (Å²) in [4.78, 5) is 17.8. The van der Waals surface area contributed by atoms with Gasteiger partial charge in [-0.15, -0.1) is 0 Å². The quantitative estimate of drug-likeness (QED) is 0.509. The number of aryl methyl sites for hydroxylation is 1. The van der Waals surface area contributed by atoms with Crippen LogP contribution in [-0.2, 0) is 17.6 Å². The van der Waals surface area contributed by atoms with Gasteiger partial charge in [0.15, 0.2) is 5.96 Å². The smallest absolute Gasteiger partial charge is 0.243 e. The fourth-order valence-electron chi connectivity index (χ4n) is 2.57. The molecular weight excluding hydrogens is 356 g/mol. The van der Waals surface area contributed by atoms with E-state index in [0.717, 1.165) is 29.9 Å². The number of carbonyl (C=O) groups is 1. The van der Waals surface area contributed by atoms with Crippen LogP contribution < -0.4 is 15.4 Å². The summed E-state index contributed by atoms with van der Waals surface area (Å²) in [6.45, 7) is 3.47. The van der Waals surface area contributed by atoms with Crippen molar-refractivity contribution in [1.29, 1.82) is 0 Å². The molecule has 0 aliphatic rings. The minimum absolute atomic E-state index is 0.0459. The van der Waals surface area contributed by atoms with Crippen LogP contribution in [0.5, 0.6) is 5.75 Å². The SMILES string of the molecule is COc1cc(CCNC(=NCC(=O)N(C)C)NCCc2ccco2)ccc1C. The molecule has 0 atom stereocenters. The van der Waals surface area contributed by atoms with Crippen LogP contribution in [0.15, 0.2) is 46.0 Å². The van der Waals surface area contributed by atoms with Gasteiger partial charge in [-0.25, -0.2) is 4.99 Å². The third kappa shape index (κ3) is 6.98. The lowest BCUT2D eigenvalue weighted by atomic mass is 10.1. The van der Waals surface area contributed by atoms with E-state index < -0.39 is 0 Å². The summed E-state index contributed by atoms with van der Waals surface area (Å²) in [5.74, 6) is 2.36. The van der Waals surface area contributed by atoms with Gasteiger partial charge in [0.2, 0.25) is 5.91 Å². The first kappa shape index (κ1) is 21.3. The Morgan fingerprint density at radius 3 is 2.57 bits per heavy atom. The molecule has 1 aromatic carbocycles. The molecule has 0 aliphatic heterocycles. The van der Waals surface area contributed by atoms with Gasteiger partial charge in [0.1, 0.15) is 18.1 Å². The number of hydrogen-bond acceptors (Lipinski definition) is 4. The van der Waals surface area contributed by atoms with Crippen molar-refractivity contribution < 1.29 is 13.9 Å². The van der Waals surface area contributed by atoms with E-state index in [1.165, 1.54) is 10.5 Å². The zero-order valence-electron chi connectivity index (χ0n) is 17.1. The Kier molecular flexibility index (Phi) is 8.39. The number of methoxy groups -OCH3 is 1. The highest BCUT2D eigenvalue weighted by Gasteiger charge is 2.06. The molecule has 1 aromatic heterocycles. The van der Waals surface area contributed by atoms with Crippen molar-refractivity contribution in [2.45, 2.75) is 19.8 Å². The summed E-state index contributed by atoms with van der Waals surface area (Å²) in [5, 5.41) is 6.55. The van der Waals surface area contributed by atoms with E-state index in [1.807, 2.05) is 25.1 Å². The first-order valence-corrected chi connectivity index (χ1v) is 9.38. The Hall–Kier alpha value is -2.96. The van der Waals surface area contributed by atoms with Gasteiger partial charge in [-0.05, 0) is 42.7 Å². The summed E-state index contributed by atoms with van der Waals surface area (Å²) in [6, 6.07) is 10.0. The summed E-state index contributed by atoms with van der Waals surface area (Å²) < 4.78 is 10.7. The molecule has 2 N–H and O–H groups in total. The second-order valence-electron chi connectivity index (χ2n) is 6.69. The number of ether oxygens (including phenoxy) is 1. The summed E-state index contributed by atoms with van der Waals surface area (Å²) >= 11 is 0. The number of carbonyl (C=O) groups excluding carboxylic acids is 1. The number of rotatable bonds is 9. The summed E-state index contributed by atoms with van der Waals surface area (Å²) in [5.41, 5.74) is 2.29. The first-order chi connectivity index (χ1) is 13.5. The van der Waals surface area contributed by atoms with Crippen molar-refractivity contribution in [3.05, 3.63) is 53.5 Å². The molecule has 28 heavy (non-hydrogen) atoms. The Morgan fingerprint density at radius 2 is 1.93 bits per heavy atom. The molecule has 0 bridgehead atoms. The third-order valence-electron chi connectivity index (χ3n) is 4.29. The number of furan rings is 1. The van der Waals surface area contributed by atoms with Crippen molar-refractivity contribution in [2.24, 2.45) is 4.99 Å². The number of nitrogens with zero attached hydrogens (tertiary/aromatic N) is 2. The van der Waals surface area contributed by atoms with E-state index in [1.54, 1.807) is 27.5 Å². The number of hydrogen-bond donors (Lipinski definition) is 2. The van der Waals surface area contributed by atoms with Crippen molar-refractivity contribution in [3.8, 4) is 5.75 Å². The number of amides is 1. The predicted octanol–water partition coefficient (Wildman–Crippen LogP) is 2.01. The van der Waals surface area contributed by atoms with Crippen molar-refractivity contribution >= 4 is 11.9 Å². The van der Waals surface area contributed by atoms with Gasteiger partial charge in [0.05, 0.1) is 13.4 Å². The van der Waals surface area contributed by atoms with Gasteiger partial charge < -0.3 is 24.7 Å². The molecule has 7 nitrogen and oxygen atoms in total. The molecule has 152 valence electrons. The Bertz CT molecular complexity index is 770. The molecule has 0 spiro atoms. The number of benzene rings is 1. The predicted molar refractivity (Wildman–Crippen MR) is 111 cm³/mol. The van der Waals surface area contributed by atoms with E-state index >= 15 is 0 Å². The van der Waals surface area contributed by atoms with Crippen LogP contribution in [0.1, 0.15) is 16.9 Å². The van der Waals surface area contributed by atoms with Crippen LogP contribution in [0, 0.1) is 6.92 Å². The monoisotopic (exact) mass is 386 g/mol. The topological polar surface area (TPSA) is 79.1 Å². The van der Waals surface area contributed by atoms with Crippen LogP contribution in [-0.4, -0.2) is 57.6 Å². The highest BCUT2D eigenvalue weighted by molar-refractivity contribution is 5.84. The molecule has 0 aliphatic carbocycles. The molecule has 0 fully saturated rings. The molecule has 2 rings (SSSR count). The average Bonchev–Trinajstić information content (AvgIpc) is 3.20. The van der Waals surface area contributed by atoms with Crippen molar-refractivity contribution in [2.75, 3.05) is 40.8 Å². The van der Waals surface area contributed by atoms with E-state index in [-0.39, 0.29) is 12.5 Å². The molecule has 1 amide bonds. The molecular formula is C21H30N4O3. The Balaban J connectivity index is 1.90. The fraction of sp³-hybridized carbons (Fsp3) is 0.429. The molecule has 0 saturated carbocycles. The molecule has 2 aromatic rings. The third-order valence-corrected chi connectivity index (χ3v) is 4.29. The molecule has 7 heteroatoms. The second kappa shape index (κ2) is 11.0. The highest BCUT2D eigenvalue weighted by atomic mass is 16.5. The largest absolute Gasteiger partial charge is 0.496 e. The number of aliphatic imine (C=N–C) groups is 1. The van der Waals surface area contributed by atoms with E-state index in [0.29, 0.717) is 19.0 Å². The standard InChI is InChI=1S/C21H30N4O3/c1-16-7-8-17(14-19(16)27-4)9-11-22-21(24-15-20(26)25(2)3)23-12-10-18-6-5-13-28-18/h5-8,13-14H,9-12,15H2,1-4H3,(H2,22,23,24). The minimum Gasteiger partial charge on any atom is -0.496 e. The van der Waals surface area contributed by atoms with Gasteiger partial charge in [0.25, 0.3) is 0 Å². The van der Waals surface area contributed by atoms with Crippen molar-refractivity contribution in [1.82, 2.24) is 15.5 Å². The van der Waals surface area contributed by atoms with Crippen LogP contribution in [0.2, 0.25) is 0 Å². The lowest BCUT2D eigenvalue weighted by Gasteiger charge is -2.14. The van der Waals surface area contributed by atoms with Crippen LogP contribution in [0.3, 0.4) is 0 Å². The van der Waals surface area contributed by atoms with E-state index in [9.17, 15) is 4.79 Å². The van der Waals surface area contributed by atoms with E-state index in [4.69, 9.17) is 9.15 Å². The Morgan fingerprint density at radius 1 is 1.18 bits per heavy atom. The second-order valence-corrected chi connectivity index (χ2v) is 6.69. The van der Waals surface area contributed by atoms with Crippen LogP contribution in [0.25, 0.3) is 0 Å². The van der Waals surface area contributed by atoms with Crippen molar-refractivity contribution in [3.63, 3.8) is 0 Å². The Labute approximate surface area is 166 Å². The zero-order valence-corrected chi connectivity index (χ0v) is 17.1. The number of likely N-dealkylation sites (N-methyl/N-ethyl adjacent to an activating group) is 1. The molecule has 0 saturated heterocycles. The first-order valence-electron chi connectivity index (χ1n) is 9.38. The maximum atomic E-state index is 11.8. The van der Waals surface area contributed by atoms with Crippen LogP contribution >= 0.6 is 0 Å². The van der Waals surface area contributed by atoms with E-state index in [2.05, 4.69) is 27.8 Å². The van der Waals surface area contributed by atoms with Gasteiger partial charge in [-0.2, -0.15) is 0 Å². The normalized spacial score (nSPS) is 11.2. The van der Waals surface area contributed by atoms with Gasteiger partial charge >= 0.3 is 0 Å². The maximum Gasteiger partial charge on any atom is 0.243 e. The fourth-order valence-corrected chi connectivity index (χ4v) is 2.57. The maximum absolute atomic E-state index is 11.8. The minimum atomic E-state index is -0.0459. The summed E-state index contributed by atoms with van der Waals surface area (Å²) in [6.07, 6.45) is 3.22. The number of guanidine groups is 1. The lowest BCUT2D eigenvalue weighted by molar-refractivity contribution is -0.127. The molecule has 0 radical (unpaired) electrons. The molecule has 1 heterocycles. The average molecular weight is 386 g/mol.